The van der Waals surface area contributed by atoms with Crippen LogP contribution in [-0.2, 0) is 9.53 Å². The molecular weight excluding hydrogens is 312 g/mol. The van der Waals surface area contributed by atoms with Gasteiger partial charge in [0, 0.05) is 18.2 Å². The first-order valence-electron chi connectivity index (χ1n) is 8.09. The second-order valence-electron chi connectivity index (χ2n) is 6.32. The predicted molar refractivity (Wildman–Crippen MR) is 87.5 cm³/mol. The fourth-order valence-corrected chi connectivity index (χ4v) is 2.97. The van der Waals surface area contributed by atoms with Gasteiger partial charge in [-0.25, -0.2) is 4.79 Å². The maximum absolute atomic E-state index is 12.0. The van der Waals surface area contributed by atoms with E-state index >= 15 is 0 Å². The number of nitro groups is 1. The Morgan fingerprint density at radius 1 is 1.25 bits per heavy atom. The molecule has 0 spiro atoms. The van der Waals surface area contributed by atoms with Crippen LogP contribution in [0.15, 0.2) is 24.3 Å². The SMILES string of the molecule is C[C@H]1[C@H](C)CCC[C@H]1NC(=O)COC(=O)c1ccc([N+](=O)[O-])cc1. The molecule has 0 heterocycles. The zero-order valence-corrected chi connectivity index (χ0v) is 13.9. The van der Waals surface area contributed by atoms with Crippen LogP contribution in [0.3, 0.4) is 0 Å². The maximum atomic E-state index is 12.0. The first-order valence-corrected chi connectivity index (χ1v) is 8.09. The molecule has 1 saturated carbocycles. The molecule has 1 aliphatic rings. The summed E-state index contributed by atoms with van der Waals surface area (Å²) < 4.78 is 4.97. The molecule has 3 atom stereocenters. The Kier molecular flexibility index (Phi) is 5.89. The fraction of sp³-hybridized carbons (Fsp3) is 0.529. The highest BCUT2D eigenvalue weighted by atomic mass is 16.6. The third-order valence-corrected chi connectivity index (χ3v) is 4.70. The second-order valence-corrected chi connectivity index (χ2v) is 6.32. The Hall–Kier alpha value is -2.44. The summed E-state index contributed by atoms with van der Waals surface area (Å²) >= 11 is 0. The van der Waals surface area contributed by atoms with E-state index in [0.29, 0.717) is 11.8 Å². The van der Waals surface area contributed by atoms with Crippen LogP contribution in [0.25, 0.3) is 0 Å². The lowest BCUT2D eigenvalue weighted by Crippen LogP contribution is -2.45. The molecule has 7 heteroatoms. The molecule has 24 heavy (non-hydrogen) atoms. The summed E-state index contributed by atoms with van der Waals surface area (Å²) in [6.07, 6.45) is 3.19. The lowest BCUT2D eigenvalue weighted by molar-refractivity contribution is -0.384. The van der Waals surface area contributed by atoms with Crippen molar-refractivity contribution < 1.29 is 19.2 Å². The minimum Gasteiger partial charge on any atom is -0.452 e. The van der Waals surface area contributed by atoms with Crippen LogP contribution in [0, 0.1) is 22.0 Å². The third-order valence-electron chi connectivity index (χ3n) is 4.70. The van der Waals surface area contributed by atoms with Gasteiger partial charge < -0.3 is 10.1 Å². The highest BCUT2D eigenvalue weighted by molar-refractivity contribution is 5.91. The van der Waals surface area contributed by atoms with Crippen LogP contribution in [0.4, 0.5) is 5.69 Å². The molecule has 1 amide bonds. The number of ether oxygens (including phenoxy) is 1. The minimum absolute atomic E-state index is 0.107. The Morgan fingerprint density at radius 3 is 2.54 bits per heavy atom. The molecule has 0 aromatic heterocycles. The normalized spacial score (nSPS) is 23.3. The van der Waals surface area contributed by atoms with Crippen LogP contribution in [-0.4, -0.2) is 29.4 Å². The molecule has 1 N–H and O–H groups in total. The number of hydrogen-bond donors (Lipinski definition) is 1. The van der Waals surface area contributed by atoms with E-state index in [4.69, 9.17) is 4.74 Å². The van der Waals surface area contributed by atoms with Crippen molar-refractivity contribution in [3.8, 4) is 0 Å². The van der Waals surface area contributed by atoms with Gasteiger partial charge in [-0.05, 0) is 30.4 Å². The summed E-state index contributed by atoms with van der Waals surface area (Å²) in [5.74, 6) is -0.0406. The molecule has 2 rings (SSSR count). The summed E-state index contributed by atoms with van der Waals surface area (Å²) in [6.45, 7) is 3.95. The molecule has 0 aliphatic heterocycles. The lowest BCUT2D eigenvalue weighted by atomic mass is 9.78. The van der Waals surface area contributed by atoms with Gasteiger partial charge in [0.15, 0.2) is 6.61 Å². The van der Waals surface area contributed by atoms with Crippen molar-refractivity contribution in [2.24, 2.45) is 11.8 Å². The van der Waals surface area contributed by atoms with Gasteiger partial charge in [-0.1, -0.05) is 26.7 Å². The average molecular weight is 334 g/mol. The van der Waals surface area contributed by atoms with Crippen LogP contribution in [0.1, 0.15) is 43.5 Å². The summed E-state index contributed by atoms with van der Waals surface area (Å²) in [5.41, 5.74) is 0.0674. The first kappa shape index (κ1) is 17.9. The van der Waals surface area contributed by atoms with Gasteiger partial charge in [0.2, 0.25) is 0 Å². The molecule has 7 nitrogen and oxygen atoms in total. The van der Waals surface area contributed by atoms with E-state index < -0.39 is 10.9 Å². The standard InChI is InChI=1S/C17H22N2O5/c1-11-4-3-5-15(12(11)2)18-16(20)10-24-17(21)13-6-8-14(9-7-13)19(22)23/h6-9,11-12,15H,3-5,10H2,1-2H3,(H,18,20)/t11-,12+,15-/m1/s1. The number of nitrogens with one attached hydrogen (secondary N) is 1. The maximum Gasteiger partial charge on any atom is 0.338 e. The van der Waals surface area contributed by atoms with Crippen molar-refractivity contribution in [2.75, 3.05) is 6.61 Å². The van der Waals surface area contributed by atoms with Gasteiger partial charge in [0.25, 0.3) is 11.6 Å². The van der Waals surface area contributed by atoms with E-state index in [1.807, 2.05) is 0 Å². The van der Waals surface area contributed by atoms with E-state index in [1.165, 1.54) is 30.7 Å². The van der Waals surface area contributed by atoms with Crippen LogP contribution in [0.5, 0.6) is 0 Å². The van der Waals surface area contributed by atoms with E-state index in [9.17, 15) is 19.7 Å². The molecule has 1 fully saturated rings. The van der Waals surface area contributed by atoms with Crippen molar-refractivity contribution in [3.63, 3.8) is 0 Å². The summed E-state index contributed by atoms with van der Waals surface area (Å²) in [4.78, 5) is 33.9. The molecule has 130 valence electrons. The number of hydrogen-bond acceptors (Lipinski definition) is 5. The average Bonchev–Trinajstić information content (AvgIpc) is 2.57. The van der Waals surface area contributed by atoms with Crippen LogP contribution < -0.4 is 5.32 Å². The molecular formula is C17H22N2O5. The molecule has 0 saturated heterocycles. The van der Waals surface area contributed by atoms with Crippen LogP contribution >= 0.6 is 0 Å². The van der Waals surface area contributed by atoms with E-state index in [-0.39, 0.29) is 29.8 Å². The quantitative estimate of drug-likeness (QED) is 0.507. The third kappa shape index (κ3) is 4.53. The Morgan fingerprint density at radius 2 is 1.92 bits per heavy atom. The lowest BCUT2D eigenvalue weighted by Gasteiger charge is -2.34. The second kappa shape index (κ2) is 7.90. The molecule has 1 aromatic carbocycles. The van der Waals surface area contributed by atoms with Gasteiger partial charge in [-0.2, -0.15) is 0 Å². The number of non-ortho nitro benzene ring substituents is 1. The van der Waals surface area contributed by atoms with Gasteiger partial charge in [-0.3, -0.25) is 14.9 Å². The van der Waals surface area contributed by atoms with Crippen molar-refractivity contribution in [1.82, 2.24) is 5.32 Å². The number of amides is 1. The molecule has 1 aliphatic carbocycles. The summed E-state index contributed by atoms with van der Waals surface area (Å²) in [5, 5.41) is 13.5. The smallest absolute Gasteiger partial charge is 0.338 e. The van der Waals surface area contributed by atoms with Crippen molar-refractivity contribution >= 4 is 17.6 Å². The highest BCUT2D eigenvalue weighted by Gasteiger charge is 2.28. The zero-order valence-electron chi connectivity index (χ0n) is 13.9. The Balaban J connectivity index is 1.82. The number of nitrogens with zero attached hydrogens (tertiary/aromatic N) is 1. The van der Waals surface area contributed by atoms with Crippen molar-refractivity contribution in [2.45, 2.75) is 39.2 Å². The number of esters is 1. The Bertz CT molecular complexity index is 614. The predicted octanol–water partition coefficient (Wildman–Crippen LogP) is 2.69. The van der Waals surface area contributed by atoms with E-state index in [2.05, 4.69) is 19.2 Å². The number of nitro benzene ring substituents is 1. The molecule has 0 unspecified atom stereocenters. The van der Waals surface area contributed by atoms with Gasteiger partial charge in [0.1, 0.15) is 0 Å². The zero-order chi connectivity index (χ0) is 17.7. The van der Waals surface area contributed by atoms with Crippen LogP contribution in [0.2, 0.25) is 0 Å². The number of rotatable bonds is 5. The molecule has 0 bridgehead atoms. The van der Waals surface area contributed by atoms with Crippen molar-refractivity contribution in [3.05, 3.63) is 39.9 Å². The molecule has 0 radical (unpaired) electrons. The topological polar surface area (TPSA) is 98.5 Å². The fourth-order valence-electron chi connectivity index (χ4n) is 2.97. The highest BCUT2D eigenvalue weighted by Crippen LogP contribution is 2.29. The van der Waals surface area contributed by atoms with Gasteiger partial charge in [0.05, 0.1) is 10.5 Å². The number of carbonyl (C=O) groups excluding carboxylic acids is 2. The van der Waals surface area contributed by atoms with Gasteiger partial charge >= 0.3 is 5.97 Å². The Labute approximate surface area is 140 Å². The van der Waals surface area contributed by atoms with E-state index in [1.54, 1.807) is 0 Å². The monoisotopic (exact) mass is 334 g/mol. The largest absolute Gasteiger partial charge is 0.452 e. The summed E-state index contributed by atoms with van der Waals surface area (Å²) in [7, 11) is 0. The number of benzene rings is 1. The van der Waals surface area contributed by atoms with Crippen molar-refractivity contribution in [1.29, 1.82) is 0 Å². The first-order chi connectivity index (χ1) is 11.4. The van der Waals surface area contributed by atoms with Gasteiger partial charge in [-0.15, -0.1) is 0 Å². The molecule has 1 aromatic rings. The number of carbonyl (C=O) groups is 2. The summed E-state index contributed by atoms with van der Waals surface area (Å²) in [6, 6.07) is 5.18. The van der Waals surface area contributed by atoms with E-state index in [0.717, 1.165) is 12.8 Å². The minimum atomic E-state index is -0.676.